The van der Waals surface area contributed by atoms with Crippen LogP contribution in [0, 0.1) is 0 Å². The van der Waals surface area contributed by atoms with Crippen molar-refractivity contribution >= 4 is 21.7 Å². The molecule has 0 aliphatic rings. The summed E-state index contributed by atoms with van der Waals surface area (Å²) < 4.78 is 32.9. The molecule has 2 atom stereocenters. The summed E-state index contributed by atoms with van der Waals surface area (Å²) in [5, 5.41) is 1.21. The molecule has 0 aliphatic carbocycles. The monoisotopic (exact) mass is 654 g/mol. The summed E-state index contributed by atoms with van der Waals surface area (Å²) in [5.74, 6) is 0.813. The molecule has 0 bridgehead atoms. The van der Waals surface area contributed by atoms with Crippen LogP contribution in [0.2, 0.25) is 0 Å². The van der Waals surface area contributed by atoms with E-state index in [1.54, 1.807) is 18.5 Å². The number of nitrogens with zero attached hydrogens (tertiary/aromatic N) is 3. The molecule has 2 aromatic heterocycles. The van der Waals surface area contributed by atoms with Gasteiger partial charge in [-0.2, -0.15) is 4.57 Å². The second-order valence-corrected chi connectivity index (χ2v) is 14.0. The molecular weight excluding hydrogens is 595 g/mol. The summed E-state index contributed by atoms with van der Waals surface area (Å²) in [6.07, 6.45) is 26.6. The van der Waals surface area contributed by atoms with Gasteiger partial charge in [-0.15, -0.1) is 0 Å². The Balaban J connectivity index is 1.20. The van der Waals surface area contributed by atoms with Crippen LogP contribution in [0.3, 0.4) is 0 Å². The molecule has 256 valence electrons. The molecule has 0 spiro atoms. The van der Waals surface area contributed by atoms with Gasteiger partial charge in [-0.05, 0) is 24.6 Å². The van der Waals surface area contributed by atoms with E-state index >= 15 is 0 Å². The van der Waals surface area contributed by atoms with Gasteiger partial charge in [0.15, 0.2) is 12.7 Å². The number of hydrogen-bond acceptors (Lipinski definition) is 6. The molecular formula is C38H60N3O4S+. The van der Waals surface area contributed by atoms with Crippen LogP contribution >= 0.6 is 0 Å². The van der Waals surface area contributed by atoms with Crippen molar-refractivity contribution in [2.75, 3.05) is 37.9 Å². The number of ether oxygens (including phenoxy) is 3. The molecule has 0 saturated carbocycles. The van der Waals surface area contributed by atoms with Gasteiger partial charge in [-0.3, -0.25) is 4.21 Å². The van der Waals surface area contributed by atoms with E-state index in [9.17, 15) is 4.21 Å². The second-order valence-electron chi connectivity index (χ2n) is 12.3. The first-order valence-electron chi connectivity index (χ1n) is 18.1. The maximum atomic E-state index is 12.9. The lowest BCUT2D eigenvalue weighted by molar-refractivity contribution is -0.673. The molecule has 7 nitrogen and oxygen atoms in total. The Morgan fingerprint density at radius 1 is 0.696 bits per heavy atom. The zero-order valence-corrected chi connectivity index (χ0v) is 29.3. The average molecular weight is 655 g/mol. The fourth-order valence-corrected chi connectivity index (χ4v) is 6.75. The van der Waals surface area contributed by atoms with Crippen molar-refractivity contribution in [2.45, 2.75) is 122 Å². The molecule has 0 aliphatic heterocycles. The fraction of sp³-hybridized carbons (Fsp3) is 0.658. The van der Waals surface area contributed by atoms with Crippen LogP contribution < -0.4 is 9.30 Å². The van der Waals surface area contributed by atoms with E-state index in [2.05, 4.69) is 51.9 Å². The van der Waals surface area contributed by atoms with E-state index in [1.807, 2.05) is 12.1 Å². The predicted octanol–water partition coefficient (Wildman–Crippen LogP) is 8.41. The molecule has 3 rings (SSSR count). The van der Waals surface area contributed by atoms with Crippen LogP contribution in [0.5, 0.6) is 6.01 Å². The third-order valence-electron chi connectivity index (χ3n) is 8.35. The number of hydrogen-bond donors (Lipinski definition) is 0. The lowest BCUT2D eigenvalue weighted by atomic mass is 10.0. The van der Waals surface area contributed by atoms with Crippen LogP contribution in [-0.2, 0) is 26.8 Å². The van der Waals surface area contributed by atoms with Gasteiger partial charge < -0.3 is 14.2 Å². The molecule has 2 unspecified atom stereocenters. The van der Waals surface area contributed by atoms with E-state index in [0.717, 1.165) is 13.0 Å². The second kappa shape index (κ2) is 25.6. The molecule has 0 saturated heterocycles. The Hall–Kier alpha value is -2.42. The highest BCUT2D eigenvalue weighted by Crippen LogP contribution is 2.14. The Morgan fingerprint density at radius 2 is 1.30 bits per heavy atom. The summed E-state index contributed by atoms with van der Waals surface area (Å²) in [6.45, 7) is 5.10. The molecule has 1 aromatic carbocycles. The Kier molecular flexibility index (Phi) is 21.2. The molecule has 8 heteroatoms. The highest BCUT2D eigenvalue weighted by atomic mass is 32.2. The first-order chi connectivity index (χ1) is 22.8. The van der Waals surface area contributed by atoms with Crippen LogP contribution in [-0.4, -0.2) is 58.2 Å². The SMILES string of the molecule is CCCCCCCCCCCCCCCCCCOCC(CS(=O)CCOCC[n+]1cccc2ccccc21)Oc1ncccn1. The van der Waals surface area contributed by atoms with Crippen LogP contribution in [0.15, 0.2) is 61.1 Å². The van der Waals surface area contributed by atoms with Gasteiger partial charge in [0.1, 0.15) is 12.7 Å². The highest BCUT2D eigenvalue weighted by Gasteiger charge is 2.17. The normalized spacial score (nSPS) is 12.8. The van der Waals surface area contributed by atoms with Crippen molar-refractivity contribution in [1.82, 2.24) is 9.97 Å². The molecule has 0 fully saturated rings. The number of pyridine rings is 1. The van der Waals surface area contributed by atoms with Gasteiger partial charge in [-0.25, -0.2) is 9.97 Å². The molecule has 0 radical (unpaired) electrons. The minimum absolute atomic E-state index is 0.291. The molecule has 46 heavy (non-hydrogen) atoms. The van der Waals surface area contributed by atoms with Crippen molar-refractivity contribution in [1.29, 1.82) is 0 Å². The first-order valence-corrected chi connectivity index (χ1v) is 19.6. The minimum Gasteiger partial charge on any atom is -0.457 e. The average Bonchev–Trinajstić information content (AvgIpc) is 3.08. The van der Waals surface area contributed by atoms with E-state index in [-0.39, 0.29) is 6.10 Å². The zero-order valence-electron chi connectivity index (χ0n) is 28.5. The van der Waals surface area contributed by atoms with Crippen molar-refractivity contribution in [3.63, 3.8) is 0 Å². The first kappa shape index (κ1) is 38.0. The number of para-hydroxylation sites is 1. The Bertz CT molecular complexity index is 1180. The van der Waals surface area contributed by atoms with Crippen molar-refractivity contribution in [3.05, 3.63) is 61.1 Å². The molecule has 3 aromatic rings. The van der Waals surface area contributed by atoms with Gasteiger partial charge in [-0.1, -0.05) is 115 Å². The number of unbranched alkanes of at least 4 members (excludes halogenated alkanes) is 15. The molecule has 0 amide bonds. The summed E-state index contributed by atoms with van der Waals surface area (Å²) >= 11 is 0. The van der Waals surface area contributed by atoms with Gasteiger partial charge >= 0.3 is 6.01 Å². The van der Waals surface area contributed by atoms with Gasteiger partial charge in [0.25, 0.3) is 0 Å². The summed E-state index contributed by atoms with van der Waals surface area (Å²) in [4.78, 5) is 8.36. The van der Waals surface area contributed by atoms with E-state index < -0.39 is 10.8 Å². The zero-order chi connectivity index (χ0) is 32.3. The fourth-order valence-electron chi connectivity index (χ4n) is 5.70. The number of rotatable bonds is 29. The van der Waals surface area contributed by atoms with Crippen LogP contribution in [0.4, 0.5) is 0 Å². The van der Waals surface area contributed by atoms with Crippen LogP contribution in [0.25, 0.3) is 10.9 Å². The standard InChI is InChI=1S/C38H60N3O4S/c1-2-3-4-5-6-7-8-9-10-11-12-13-14-15-16-19-29-44-33-36(45-38-39-25-21-26-40-38)34-46(42)32-31-43-30-28-41-27-20-23-35-22-17-18-24-37(35)41/h17-18,20-27,36H,2-16,19,28-34H2,1H3/q+1. The summed E-state index contributed by atoms with van der Waals surface area (Å²) in [6, 6.07) is 14.5. The Labute approximate surface area is 281 Å². The van der Waals surface area contributed by atoms with Gasteiger partial charge in [0.2, 0.25) is 5.52 Å². The number of aromatic nitrogens is 3. The smallest absolute Gasteiger partial charge is 0.316 e. The highest BCUT2D eigenvalue weighted by molar-refractivity contribution is 7.85. The molecule has 0 N–H and O–H groups in total. The van der Waals surface area contributed by atoms with Gasteiger partial charge in [0, 0.05) is 53.1 Å². The molecule has 2 heterocycles. The topological polar surface area (TPSA) is 74.4 Å². The predicted molar refractivity (Wildman–Crippen MR) is 190 cm³/mol. The Morgan fingerprint density at radius 3 is 1.98 bits per heavy atom. The van der Waals surface area contributed by atoms with Crippen molar-refractivity contribution < 1.29 is 23.0 Å². The van der Waals surface area contributed by atoms with E-state index in [4.69, 9.17) is 14.2 Å². The summed E-state index contributed by atoms with van der Waals surface area (Å²) in [7, 11) is -1.11. The maximum absolute atomic E-state index is 12.9. The van der Waals surface area contributed by atoms with Crippen molar-refractivity contribution in [2.24, 2.45) is 0 Å². The maximum Gasteiger partial charge on any atom is 0.316 e. The number of fused-ring (bicyclic) bond motifs is 1. The lowest BCUT2D eigenvalue weighted by Crippen LogP contribution is -2.36. The largest absolute Gasteiger partial charge is 0.457 e. The quantitative estimate of drug-likeness (QED) is 0.0553. The number of benzene rings is 1. The third kappa shape index (κ3) is 17.5. The van der Waals surface area contributed by atoms with Gasteiger partial charge in [0.05, 0.1) is 19.0 Å². The lowest BCUT2D eigenvalue weighted by Gasteiger charge is -2.17. The van der Waals surface area contributed by atoms with Crippen LogP contribution in [0.1, 0.15) is 110 Å². The minimum atomic E-state index is -1.11. The van der Waals surface area contributed by atoms with E-state index in [1.165, 1.54) is 107 Å². The van der Waals surface area contributed by atoms with E-state index in [0.29, 0.717) is 43.9 Å². The third-order valence-corrected chi connectivity index (χ3v) is 9.72. The van der Waals surface area contributed by atoms with Crippen molar-refractivity contribution in [3.8, 4) is 6.01 Å². The summed E-state index contributed by atoms with van der Waals surface area (Å²) in [5.41, 5.74) is 1.18.